The van der Waals surface area contributed by atoms with Crippen molar-refractivity contribution in [3.05, 3.63) is 111 Å². The number of rotatable bonds is 14. The number of hydrogen-bond acceptors (Lipinski definition) is 10. The first kappa shape index (κ1) is 51.6. The summed E-state index contributed by atoms with van der Waals surface area (Å²) in [6.07, 6.45) is 1.43. The number of piperidine rings is 1. The van der Waals surface area contributed by atoms with Gasteiger partial charge in [-0.15, -0.1) is 0 Å². The largest absolute Gasteiger partial charge is 0.493 e. The highest BCUT2D eigenvalue weighted by molar-refractivity contribution is 6.35. The molecule has 4 aromatic carbocycles. The first-order valence-electron chi connectivity index (χ1n) is 24.8. The van der Waals surface area contributed by atoms with Gasteiger partial charge in [0.1, 0.15) is 34.7 Å². The molecule has 17 heteroatoms. The molecule has 3 aliphatic rings. The number of imide groups is 1. The van der Waals surface area contributed by atoms with Crippen LogP contribution in [0.1, 0.15) is 97.2 Å². The Morgan fingerprint density at radius 1 is 0.889 bits per heavy atom. The summed E-state index contributed by atoms with van der Waals surface area (Å²) in [6.45, 7) is 16.7. The van der Waals surface area contributed by atoms with Gasteiger partial charge in [-0.2, -0.15) is 5.10 Å². The Bertz CT molecular complexity index is 3080. The Morgan fingerprint density at radius 2 is 1.61 bits per heavy atom. The van der Waals surface area contributed by atoms with E-state index in [1.165, 1.54) is 17.0 Å². The van der Waals surface area contributed by atoms with E-state index in [1.54, 1.807) is 29.2 Å². The zero-order valence-electron chi connectivity index (χ0n) is 42.3. The van der Waals surface area contributed by atoms with E-state index in [9.17, 15) is 28.4 Å². The molecule has 4 amide bonds. The minimum Gasteiger partial charge on any atom is -0.493 e. The van der Waals surface area contributed by atoms with Crippen LogP contribution in [0.2, 0.25) is 5.02 Å². The molecular formula is C55H63ClFN7O8. The number of carbonyl (C=O) groups excluding carboxylic acids is 5. The number of amides is 4. The zero-order chi connectivity index (χ0) is 51.6. The van der Waals surface area contributed by atoms with Gasteiger partial charge in [0.25, 0.3) is 11.8 Å². The molecule has 0 radical (unpaired) electrons. The number of fused-ring (bicyclic) bond motifs is 3. The van der Waals surface area contributed by atoms with Crippen LogP contribution in [0.5, 0.6) is 11.5 Å². The lowest BCUT2D eigenvalue weighted by atomic mass is 9.98. The van der Waals surface area contributed by atoms with Crippen LogP contribution in [0.25, 0.3) is 32.8 Å². The van der Waals surface area contributed by atoms with E-state index in [0.717, 1.165) is 49.8 Å². The topological polar surface area (TPSA) is 158 Å². The van der Waals surface area contributed by atoms with Crippen LogP contribution in [0.4, 0.5) is 4.39 Å². The van der Waals surface area contributed by atoms with Crippen LogP contribution in [0, 0.1) is 19.7 Å². The predicted octanol–water partition coefficient (Wildman–Crippen LogP) is 8.58. The van der Waals surface area contributed by atoms with Crippen molar-refractivity contribution in [1.82, 2.24) is 34.4 Å². The molecule has 1 N–H and O–H groups in total. The van der Waals surface area contributed by atoms with Crippen molar-refractivity contribution in [3.8, 4) is 22.6 Å². The zero-order valence-corrected chi connectivity index (χ0v) is 43.1. The number of halogens is 2. The Kier molecular flexibility index (Phi) is 15.4. The maximum Gasteiger partial charge on any atom is 0.355 e. The summed E-state index contributed by atoms with van der Waals surface area (Å²) in [5, 5.41) is 10.0. The Labute approximate surface area is 424 Å². The van der Waals surface area contributed by atoms with E-state index in [4.69, 9.17) is 30.9 Å². The maximum atomic E-state index is 14.6. The standard InChI is InChI=1S/C53H57ClFN7O8.C2H6/c1-31-46(32(2)58(6)57-31)47-40(54)18-17-37-36(12-9-27-68-42-13-7-10-33-28-34(55)15-16-35(33)42)49(52(67)70-53(3,4)5)61(48(37)47)26-23-59-21-24-60(25-22-59)45(64)30-69-43-14-8-11-38-39(43)29-62(51(38)66)41-19-20-44(63)56-50(41)65;1-2/h7-8,10-11,13-18,28,41H,9,12,19-27,29-30H2,1-6H3,(H,56,63,65);1-2H3. The number of nitrogens with one attached hydrogen (secondary N) is 1. The second-order valence-corrected chi connectivity index (χ2v) is 19.6. The second kappa shape index (κ2) is 21.5. The summed E-state index contributed by atoms with van der Waals surface area (Å²) in [7, 11) is 1.90. The lowest BCUT2D eigenvalue weighted by molar-refractivity contribution is -0.137. The summed E-state index contributed by atoms with van der Waals surface area (Å²) in [5.74, 6) is -1.09. The number of aromatic nitrogens is 3. The summed E-state index contributed by atoms with van der Waals surface area (Å²) < 4.78 is 36.5. The molecule has 0 saturated carbocycles. The number of piperazine rings is 1. The van der Waals surface area contributed by atoms with Gasteiger partial charge in [-0.3, -0.25) is 34.1 Å². The van der Waals surface area contributed by atoms with Gasteiger partial charge < -0.3 is 28.6 Å². The lowest BCUT2D eigenvalue weighted by Gasteiger charge is -2.35. The second-order valence-electron chi connectivity index (χ2n) is 19.2. The van der Waals surface area contributed by atoms with Crippen molar-refractivity contribution in [2.75, 3.05) is 45.9 Å². The normalized spacial score (nSPS) is 16.2. The fourth-order valence-corrected chi connectivity index (χ4v) is 10.3. The van der Waals surface area contributed by atoms with Crippen molar-refractivity contribution in [2.24, 2.45) is 7.05 Å². The van der Waals surface area contributed by atoms with Crippen LogP contribution in [0.15, 0.2) is 66.7 Å². The molecule has 6 aromatic rings. The molecule has 2 fully saturated rings. The summed E-state index contributed by atoms with van der Waals surface area (Å²) >= 11 is 7.19. The predicted molar refractivity (Wildman–Crippen MR) is 274 cm³/mol. The number of esters is 1. The van der Waals surface area contributed by atoms with Crippen molar-refractivity contribution < 1.29 is 42.6 Å². The number of aryl methyl sites for hydroxylation is 3. The molecule has 0 spiro atoms. The van der Waals surface area contributed by atoms with Gasteiger partial charge in [0.2, 0.25) is 11.8 Å². The molecule has 0 aliphatic carbocycles. The van der Waals surface area contributed by atoms with Gasteiger partial charge in [0.05, 0.1) is 29.4 Å². The molecule has 1 atom stereocenters. The average molecular weight is 1000 g/mol. The summed E-state index contributed by atoms with van der Waals surface area (Å²) in [5.41, 5.74) is 5.69. The molecule has 5 heterocycles. The van der Waals surface area contributed by atoms with E-state index >= 15 is 0 Å². The third-order valence-electron chi connectivity index (χ3n) is 13.5. The van der Waals surface area contributed by atoms with Gasteiger partial charge in [0.15, 0.2) is 6.61 Å². The first-order chi connectivity index (χ1) is 34.5. The lowest BCUT2D eigenvalue weighted by Crippen LogP contribution is -2.52. The summed E-state index contributed by atoms with van der Waals surface area (Å²) in [4.78, 5) is 71.5. The van der Waals surface area contributed by atoms with Crippen molar-refractivity contribution >= 4 is 62.9 Å². The van der Waals surface area contributed by atoms with Gasteiger partial charge in [-0.25, -0.2) is 9.18 Å². The van der Waals surface area contributed by atoms with E-state index in [1.807, 2.05) is 90.5 Å². The van der Waals surface area contributed by atoms with Crippen LogP contribution < -0.4 is 14.8 Å². The third kappa shape index (κ3) is 10.6. The molecule has 15 nitrogen and oxygen atoms in total. The number of carbonyl (C=O) groups is 5. The van der Waals surface area contributed by atoms with Crippen molar-refractivity contribution in [2.45, 2.75) is 98.9 Å². The van der Waals surface area contributed by atoms with Crippen LogP contribution in [0.3, 0.4) is 0 Å². The Hall–Kier alpha value is -6.78. The fourth-order valence-electron chi connectivity index (χ4n) is 10.1. The number of nitrogens with zero attached hydrogens (tertiary/aromatic N) is 6. The van der Waals surface area contributed by atoms with Crippen LogP contribution in [-0.4, -0.2) is 116 Å². The number of benzene rings is 4. The van der Waals surface area contributed by atoms with E-state index < -0.39 is 23.5 Å². The number of ether oxygens (including phenoxy) is 3. The van der Waals surface area contributed by atoms with Gasteiger partial charge in [-0.1, -0.05) is 49.7 Å². The molecule has 3 aliphatic heterocycles. The van der Waals surface area contributed by atoms with Gasteiger partial charge >= 0.3 is 5.97 Å². The minimum absolute atomic E-state index is 0.136. The van der Waals surface area contributed by atoms with E-state index in [-0.39, 0.29) is 49.5 Å². The van der Waals surface area contributed by atoms with Gasteiger partial charge in [-0.05, 0) is 107 Å². The van der Waals surface area contributed by atoms with Crippen LogP contribution >= 0.6 is 11.6 Å². The summed E-state index contributed by atoms with van der Waals surface area (Å²) in [6, 6.07) is 18.4. The molecular weight excluding hydrogens is 941 g/mol. The van der Waals surface area contributed by atoms with E-state index in [0.29, 0.717) is 92.1 Å². The molecule has 9 rings (SSSR count). The van der Waals surface area contributed by atoms with E-state index in [2.05, 4.69) is 14.8 Å². The van der Waals surface area contributed by atoms with Gasteiger partial charge in [0, 0.05) is 91.5 Å². The highest BCUT2D eigenvalue weighted by atomic mass is 35.5. The smallest absolute Gasteiger partial charge is 0.355 e. The third-order valence-corrected chi connectivity index (χ3v) is 13.8. The quantitative estimate of drug-likeness (QED) is 0.0637. The average Bonchev–Trinajstić information content (AvgIpc) is 3.94. The molecule has 2 aromatic heterocycles. The molecule has 1 unspecified atom stereocenters. The highest BCUT2D eigenvalue weighted by Crippen LogP contribution is 2.43. The SMILES string of the molecule is CC.Cc1nn(C)c(C)c1-c1c(Cl)ccc2c(CCCOc3cccc4cc(F)ccc34)c(C(=O)OC(C)(C)C)n(CCN3CCN(C(=O)COc4cccc5c4CN(C4CCC(=O)NC4=O)C5=O)CC3)c12. The molecule has 2 saturated heterocycles. The van der Waals surface area contributed by atoms with Crippen molar-refractivity contribution in [1.29, 1.82) is 0 Å². The maximum absolute atomic E-state index is 14.6. The fraction of sp³-hybridized carbons (Fsp3) is 0.418. The molecule has 380 valence electrons. The molecule has 72 heavy (non-hydrogen) atoms. The van der Waals surface area contributed by atoms with Crippen LogP contribution in [-0.2, 0) is 45.7 Å². The molecule has 0 bridgehead atoms. The monoisotopic (exact) mass is 1000 g/mol. The Morgan fingerprint density at radius 3 is 2.32 bits per heavy atom. The minimum atomic E-state index is -0.787. The Balaban J connectivity index is 0.00000342. The van der Waals surface area contributed by atoms with Crippen molar-refractivity contribution in [3.63, 3.8) is 0 Å². The first-order valence-corrected chi connectivity index (χ1v) is 25.1. The number of hydrogen-bond donors (Lipinski definition) is 1. The highest BCUT2D eigenvalue weighted by Gasteiger charge is 2.40.